The number of nitrogen functional groups attached to an aromatic ring is 1. The molecule has 0 amide bonds. The number of rotatable bonds is 4. The highest BCUT2D eigenvalue weighted by molar-refractivity contribution is 5.44. The van der Waals surface area contributed by atoms with Gasteiger partial charge >= 0.3 is 0 Å². The van der Waals surface area contributed by atoms with Gasteiger partial charge in [-0.25, -0.2) is 0 Å². The van der Waals surface area contributed by atoms with Crippen LogP contribution in [-0.4, -0.2) is 11.2 Å². The lowest BCUT2D eigenvalue weighted by molar-refractivity contribution is 0.219. The maximum absolute atomic E-state index is 10.4. The van der Waals surface area contributed by atoms with Crippen LogP contribution in [-0.2, 0) is 0 Å². The summed E-state index contributed by atoms with van der Waals surface area (Å²) >= 11 is 0. The molecule has 0 aliphatic heterocycles. The Hall–Kier alpha value is -2.00. The molecule has 1 atom stereocenters. The summed E-state index contributed by atoms with van der Waals surface area (Å²) < 4.78 is 5.74. The lowest BCUT2D eigenvalue weighted by Crippen LogP contribution is -2.02. The number of benzene rings is 2. The van der Waals surface area contributed by atoms with E-state index in [0.717, 1.165) is 29.7 Å². The fourth-order valence-corrected chi connectivity index (χ4v) is 2.06. The molecule has 3 nitrogen and oxygen atoms in total. The van der Waals surface area contributed by atoms with Gasteiger partial charge in [-0.2, -0.15) is 0 Å². The van der Waals surface area contributed by atoms with Crippen LogP contribution in [0.2, 0.25) is 0 Å². The highest BCUT2D eigenvalue weighted by Gasteiger charge is 2.23. The molecule has 98 valence electrons. The van der Waals surface area contributed by atoms with Crippen LogP contribution in [0.5, 0.6) is 5.75 Å². The van der Waals surface area contributed by atoms with Crippen LogP contribution in [0.4, 0.5) is 5.69 Å². The summed E-state index contributed by atoms with van der Waals surface area (Å²) in [4.78, 5) is 0. The van der Waals surface area contributed by atoms with E-state index in [9.17, 15) is 5.11 Å². The van der Waals surface area contributed by atoms with E-state index in [-0.39, 0.29) is 0 Å². The first-order chi connectivity index (χ1) is 9.22. The maximum Gasteiger partial charge on any atom is 0.120 e. The number of aliphatic hydroxyl groups is 1. The molecule has 3 rings (SSSR count). The number of nitrogens with two attached hydrogens (primary N) is 1. The molecule has 19 heavy (non-hydrogen) atoms. The predicted octanol–water partition coefficient (Wildman–Crippen LogP) is 2.89. The van der Waals surface area contributed by atoms with Crippen LogP contribution in [0.3, 0.4) is 0 Å². The topological polar surface area (TPSA) is 55.5 Å². The lowest BCUT2D eigenvalue weighted by atomic mass is 10.0. The van der Waals surface area contributed by atoms with Gasteiger partial charge in [0, 0.05) is 5.69 Å². The van der Waals surface area contributed by atoms with Crippen molar-refractivity contribution in [1.82, 2.24) is 0 Å². The van der Waals surface area contributed by atoms with Crippen LogP contribution in [0.15, 0.2) is 48.5 Å². The van der Waals surface area contributed by atoms with Gasteiger partial charge < -0.3 is 15.6 Å². The second kappa shape index (κ2) is 4.94. The van der Waals surface area contributed by atoms with Crippen molar-refractivity contribution < 1.29 is 9.84 Å². The predicted molar refractivity (Wildman–Crippen MR) is 75.0 cm³/mol. The van der Waals surface area contributed by atoms with Crippen molar-refractivity contribution in [2.45, 2.75) is 25.0 Å². The monoisotopic (exact) mass is 255 g/mol. The summed E-state index contributed by atoms with van der Waals surface area (Å²) in [6.45, 7) is 0. The van der Waals surface area contributed by atoms with Crippen LogP contribution in [0.25, 0.3) is 0 Å². The molecule has 1 aliphatic carbocycles. The Balaban J connectivity index is 1.83. The Bertz CT molecular complexity index is 578. The second-order valence-electron chi connectivity index (χ2n) is 4.96. The fourth-order valence-electron chi connectivity index (χ4n) is 2.06. The summed E-state index contributed by atoms with van der Waals surface area (Å²) in [5, 5.41) is 10.4. The van der Waals surface area contributed by atoms with Gasteiger partial charge in [0.25, 0.3) is 0 Å². The first-order valence-electron chi connectivity index (χ1n) is 6.52. The summed E-state index contributed by atoms with van der Waals surface area (Å²) in [7, 11) is 0. The molecule has 0 saturated heterocycles. The van der Waals surface area contributed by atoms with Gasteiger partial charge in [-0.15, -0.1) is 0 Å². The highest BCUT2D eigenvalue weighted by Crippen LogP contribution is 2.30. The molecule has 1 saturated carbocycles. The van der Waals surface area contributed by atoms with Crippen molar-refractivity contribution in [1.29, 1.82) is 0 Å². The molecule has 3 N–H and O–H groups in total. The van der Waals surface area contributed by atoms with Gasteiger partial charge in [-0.3, -0.25) is 0 Å². The van der Waals surface area contributed by atoms with Crippen LogP contribution in [0, 0.1) is 0 Å². The number of hydrogen-bond acceptors (Lipinski definition) is 3. The normalized spacial score (nSPS) is 16.1. The van der Waals surface area contributed by atoms with E-state index < -0.39 is 6.10 Å². The highest BCUT2D eigenvalue weighted by atomic mass is 16.5. The average Bonchev–Trinajstić information content (AvgIpc) is 3.22. The van der Waals surface area contributed by atoms with Crippen molar-refractivity contribution in [3.63, 3.8) is 0 Å². The first-order valence-corrected chi connectivity index (χ1v) is 6.52. The van der Waals surface area contributed by atoms with E-state index >= 15 is 0 Å². The van der Waals surface area contributed by atoms with E-state index in [1.807, 2.05) is 42.5 Å². The molecule has 0 bridgehead atoms. The Morgan fingerprint density at radius 1 is 1.05 bits per heavy atom. The largest absolute Gasteiger partial charge is 0.490 e. The minimum absolute atomic E-state index is 0.361. The first kappa shape index (κ1) is 12.1. The number of hydrogen-bond donors (Lipinski definition) is 2. The zero-order valence-electron chi connectivity index (χ0n) is 10.6. The van der Waals surface area contributed by atoms with Gasteiger partial charge in [0.05, 0.1) is 6.10 Å². The molecule has 1 aliphatic rings. The fraction of sp³-hybridized carbons (Fsp3) is 0.250. The van der Waals surface area contributed by atoms with E-state index in [4.69, 9.17) is 10.5 Å². The van der Waals surface area contributed by atoms with E-state index in [1.165, 1.54) is 0 Å². The van der Waals surface area contributed by atoms with Crippen LogP contribution in [0.1, 0.15) is 30.1 Å². The Morgan fingerprint density at radius 2 is 1.74 bits per heavy atom. The van der Waals surface area contributed by atoms with Crippen molar-refractivity contribution in [2.75, 3.05) is 5.73 Å². The maximum atomic E-state index is 10.4. The molecule has 2 aromatic rings. The average molecular weight is 255 g/mol. The molecule has 0 heterocycles. The molecule has 0 radical (unpaired) electrons. The second-order valence-corrected chi connectivity index (χ2v) is 4.96. The standard InChI is InChI=1S/C16H17NO2/c17-13-5-1-3-11(9-13)16(18)12-4-2-6-15(10-12)19-14-7-8-14/h1-6,9-10,14,16,18H,7-8,17H2. The number of anilines is 1. The third-order valence-corrected chi connectivity index (χ3v) is 3.23. The molecule has 1 unspecified atom stereocenters. The molecule has 1 fully saturated rings. The summed E-state index contributed by atoms with van der Waals surface area (Å²) in [5.74, 6) is 0.822. The Kier molecular flexibility index (Phi) is 3.13. The van der Waals surface area contributed by atoms with Gasteiger partial charge in [-0.05, 0) is 48.2 Å². The minimum Gasteiger partial charge on any atom is -0.490 e. The van der Waals surface area contributed by atoms with Gasteiger partial charge in [0.1, 0.15) is 11.9 Å². The van der Waals surface area contributed by atoms with Gasteiger partial charge in [0.15, 0.2) is 0 Å². The molecular weight excluding hydrogens is 238 g/mol. The van der Waals surface area contributed by atoms with Gasteiger partial charge in [-0.1, -0.05) is 24.3 Å². The molecule has 3 heteroatoms. The Labute approximate surface area is 112 Å². The SMILES string of the molecule is Nc1cccc(C(O)c2cccc(OC3CC3)c2)c1. The van der Waals surface area contributed by atoms with Crippen molar-refractivity contribution in [3.8, 4) is 5.75 Å². The quantitative estimate of drug-likeness (QED) is 0.826. The minimum atomic E-state index is -0.675. The zero-order chi connectivity index (χ0) is 13.2. The third-order valence-electron chi connectivity index (χ3n) is 3.23. The smallest absolute Gasteiger partial charge is 0.120 e. The van der Waals surface area contributed by atoms with Crippen molar-refractivity contribution in [3.05, 3.63) is 59.7 Å². The Morgan fingerprint density at radius 3 is 2.42 bits per heavy atom. The van der Waals surface area contributed by atoms with Crippen molar-refractivity contribution in [2.24, 2.45) is 0 Å². The van der Waals surface area contributed by atoms with E-state index in [2.05, 4.69) is 0 Å². The summed E-state index contributed by atoms with van der Waals surface area (Å²) in [6.07, 6.45) is 1.94. The lowest BCUT2D eigenvalue weighted by Gasteiger charge is -2.13. The zero-order valence-corrected chi connectivity index (χ0v) is 10.6. The van der Waals surface area contributed by atoms with Crippen LogP contribution >= 0.6 is 0 Å². The van der Waals surface area contributed by atoms with Crippen LogP contribution < -0.4 is 10.5 Å². The number of ether oxygens (including phenoxy) is 1. The van der Waals surface area contributed by atoms with E-state index in [0.29, 0.717) is 11.8 Å². The summed E-state index contributed by atoms with van der Waals surface area (Å²) in [5.41, 5.74) is 8.02. The molecular formula is C16H17NO2. The third kappa shape index (κ3) is 2.88. The molecule has 2 aromatic carbocycles. The van der Waals surface area contributed by atoms with Gasteiger partial charge in [0.2, 0.25) is 0 Å². The van der Waals surface area contributed by atoms with Crippen molar-refractivity contribution >= 4 is 5.69 Å². The van der Waals surface area contributed by atoms with E-state index in [1.54, 1.807) is 6.07 Å². The number of aliphatic hydroxyl groups excluding tert-OH is 1. The summed E-state index contributed by atoms with van der Waals surface area (Å²) in [6, 6.07) is 14.9. The molecule has 0 aromatic heterocycles. The molecule has 0 spiro atoms.